The van der Waals surface area contributed by atoms with Gasteiger partial charge in [0.1, 0.15) is 24.2 Å². The molecule has 2 aromatic heterocycles. The zero-order valence-corrected chi connectivity index (χ0v) is 24.5. The number of benzene rings is 1. The highest BCUT2D eigenvalue weighted by Gasteiger charge is 2.27. The number of hydrogen-bond acceptors (Lipinski definition) is 6. The number of hydrogen-bond donors (Lipinski definition) is 3. The molecule has 0 saturated carbocycles. The normalized spacial score (nSPS) is 14.8. The van der Waals surface area contributed by atoms with Crippen molar-refractivity contribution in [3.8, 4) is 11.5 Å². The lowest BCUT2D eigenvalue weighted by molar-refractivity contribution is -0.133. The van der Waals surface area contributed by atoms with E-state index in [4.69, 9.17) is 9.47 Å². The molecule has 1 aliphatic heterocycles. The zero-order chi connectivity index (χ0) is 28.9. The van der Waals surface area contributed by atoms with Crippen molar-refractivity contribution in [2.75, 3.05) is 32.8 Å². The summed E-state index contributed by atoms with van der Waals surface area (Å²) in [4.78, 5) is 30.4. The van der Waals surface area contributed by atoms with Gasteiger partial charge in [0, 0.05) is 59.7 Å². The molecule has 2 amide bonds. The number of ether oxygens (including phenoxy) is 2. The summed E-state index contributed by atoms with van der Waals surface area (Å²) in [5.74, 6) is -0.452. The summed E-state index contributed by atoms with van der Waals surface area (Å²) in [6, 6.07) is 6.16. The first-order valence-electron chi connectivity index (χ1n) is 13.5. The Bertz CT molecular complexity index is 1350. The molecule has 0 bridgehead atoms. The van der Waals surface area contributed by atoms with Crippen LogP contribution in [0.15, 0.2) is 36.7 Å². The predicted octanol–water partition coefficient (Wildman–Crippen LogP) is 4.20. The molecule has 3 aromatic rings. The molecular weight excluding hydrogens is 533 g/mol. The Morgan fingerprint density at radius 2 is 1.95 bits per heavy atom. The van der Waals surface area contributed by atoms with Crippen LogP contribution in [0, 0.1) is 12.7 Å². The van der Waals surface area contributed by atoms with E-state index in [0.717, 1.165) is 17.0 Å². The van der Waals surface area contributed by atoms with E-state index in [9.17, 15) is 14.7 Å². The quantitative estimate of drug-likeness (QED) is 0.233. The van der Waals surface area contributed by atoms with Crippen LogP contribution in [0.2, 0.25) is 25.7 Å². The van der Waals surface area contributed by atoms with E-state index in [2.05, 4.69) is 35.3 Å². The number of carboxylic acid groups (broad SMARTS) is 1. The largest absolute Gasteiger partial charge is 0.465 e. The van der Waals surface area contributed by atoms with E-state index in [0.29, 0.717) is 56.5 Å². The molecule has 0 radical (unpaired) electrons. The Morgan fingerprint density at radius 3 is 2.62 bits per heavy atom. The van der Waals surface area contributed by atoms with E-state index in [1.54, 1.807) is 23.2 Å². The maximum absolute atomic E-state index is 15.2. The number of nitrogens with one attached hydrogen (secondary N) is 2. The van der Waals surface area contributed by atoms with Crippen LogP contribution < -0.4 is 15.4 Å². The number of fused-ring (bicyclic) bond motifs is 1. The fourth-order valence-corrected chi connectivity index (χ4v) is 5.43. The molecule has 10 nitrogen and oxygen atoms in total. The van der Waals surface area contributed by atoms with Gasteiger partial charge in [-0.1, -0.05) is 25.7 Å². The summed E-state index contributed by atoms with van der Waals surface area (Å²) in [5.41, 5.74) is 2.09. The molecule has 1 fully saturated rings. The van der Waals surface area contributed by atoms with E-state index >= 15 is 4.39 Å². The highest BCUT2D eigenvalue weighted by atomic mass is 28.3. The minimum absolute atomic E-state index is 0.0193. The topological polar surface area (TPSA) is 118 Å². The first kappa shape index (κ1) is 29.5. The number of piperazine rings is 1. The minimum Gasteiger partial charge on any atom is -0.465 e. The second-order valence-corrected chi connectivity index (χ2v) is 16.9. The second kappa shape index (κ2) is 12.8. The van der Waals surface area contributed by atoms with E-state index < -0.39 is 26.0 Å². The SMILES string of the molecule is Cc1cn(COCC[Si](C)(C)C)c2nccc(Oc3ccc(C[C@H](NC(=O)O)C(=O)N4CCNCC4)cc3F)c12. The lowest BCUT2D eigenvalue weighted by Gasteiger charge is -2.30. The van der Waals surface area contributed by atoms with Crippen LogP contribution >= 0.6 is 0 Å². The standard InChI is InChI=1S/C28H38FN5O5Si/c1-19-17-34(18-38-13-14-40(2,3)4)26-25(19)24(7-8-31-26)39-23-6-5-20(15-21(23)29)16-22(32-28(36)37)27(35)33-11-9-30-10-12-33/h5-8,15,17,22,30,32H,9-14,16,18H2,1-4H3,(H,36,37)/t22-/m0/s1. The number of pyridine rings is 1. The van der Waals surface area contributed by atoms with Gasteiger partial charge in [-0.25, -0.2) is 14.2 Å². The molecule has 40 heavy (non-hydrogen) atoms. The number of amides is 2. The summed E-state index contributed by atoms with van der Waals surface area (Å²) < 4.78 is 29.0. The summed E-state index contributed by atoms with van der Waals surface area (Å²) in [6.45, 7) is 12.2. The minimum atomic E-state index is -1.31. The molecule has 1 atom stereocenters. The zero-order valence-electron chi connectivity index (χ0n) is 23.5. The van der Waals surface area contributed by atoms with Gasteiger partial charge in [-0.05, 0) is 42.3 Å². The van der Waals surface area contributed by atoms with Gasteiger partial charge in [-0.2, -0.15) is 0 Å². The Labute approximate surface area is 234 Å². The van der Waals surface area contributed by atoms with Crippen molar-refractivity contribution in [2.45, 2.75) is 51.8 Å². The first-order valence-corrected chi connectivity index (χ1v) is 17.2. The third-order valence-corrected chi connectivity index (χ3v) is 8.52. The number of carbonyl (C=O) groups excluding carboxylic acids is 1. The van der Waals surface area contributed by atoms with Crippen LogP contribution in [0.1, 0.15) is 11.1 Å². The van der Waals surface area contributed by atoms with Crippen molar-refractivity contribution >= 4 is 31.1 Å². The van der Waals surface area contributed by atoms with Crippen LogP contribution in [-0.2, 0) is 22.7 Å². The lowest BCUT2D eigenvalue weighted by Crippen LogP contribution is -2.54. The number of halogens is 1. The summed E-state index contributed by atoms with van der Waals surface area (Å²) >= 11 is 0. The summed E-state index contributed by atoms with van der Waals surface area (Å²) in [5, 5.41) is 15.5. The van der Waals surface area contributed by atoms with E-state index in [1.807, 2.05) is 17.7 Å². The molecule has 1 saturated heterocycles. The van der Waals surface area contributed by atoms with Gasteiger partial charge in [-0.15, -0.1) is 0 Å². The predicted molar refractivity (Wildman–Crippen MR) is 153 cm³/mol. The highest BCUT2D eigenvalue weighted by Crippen LogP contribution is 2.33. The highest BCUT2D eigenvalue weighted by molar-refractivity contribution is 6.76. The summed E-state index contributed by atoms with van der Waals surface area (Å²) in [7, 11) is -1.19. The average Bonchev–Trinajstić information content (AvgIpc) is 3.23. The van der Waals surface area contributed by atoms with Crippen molar-refractivity contribution in [2.24, 2.45) is 0 Å². The van der Waals surface area contributed by atoms with Crippen LogP contribution in [0.5, 0.6) is 11.5 Å². The number of carbonyl (C=O) groups is 2. The number of nitrogens with zero attached hydrogens (tertiary/aromatic N) is 3. The molecule has 1 aromatic carbocycles. The molecule has 1 aliphatic rings. The van der Waals surface area contributed by atoms with Crippen molar-refractivity contribution in [1.82, 2.24) is 25.1 Å². The van der Waals surface area contributed by atoms with E-state index in [1.165, 1.54) is 12.1 Å². The fourth-order valence-electron chi connectivity index (χ4n) is 4.67. The molecular formula is C28H38FN5O5Si. The van der Waals surface area contributed by atoms with Crippen LogP contribution in [-0.4, -0.2) is 78.5 Å². The fraction of sp³-hybridized carbons (Fsp3) is 0.464. The molecule has 12 heteroatoms. The first-order chi connectivity index (χ1) is 19.0. The molecule has 0 aliphatic carbocycles. The molecule has 3 heterocycles. The third-order valence-electron chi connectivity index (χ3n) is 6.82. The van der Waals surface area contributed by atoms with Gasteiger partial charge >= 0.3 is 6.09 Å². The second-order valence-electron chi connectivity index (χ2n) is 11.3. The number of rotatable bonds is 11. The van der Waals surface area contributed by atoms with Gasteiger partial charge in [0.15, 0.2) is 11.6 Å². The third kappa shape index (κ3) is 7.58. The summed E-state index contributed by atoms with van der Waals surface area (Å²) in [6.07, 6.45) is 2.28. The smallest absolute Gasteiger partial charge is 0.405 e. The van der Waals surface area contributed by atoms with Gasteiger partial charge in [0.25, 0.3) is 0 Å². The maximum Gasteiger partial charge on any atom is 0.405 e. The van der Waals surface area contributed by atoms with E-state index in [-0.39, 0.29) is 18.1 Å². The number of aryl methyl sites for hydroxylation is 1. The van der Waals surface area contributed by atoms with Crippen molar-refractivity contribution in [3.05, 3.63) is 53.6 Å². The molecule has 4 rings (SSSR count). The van der Waals surface area contributed by atoms with Crippen molar-refractivity contribution in [1.29, 1.82) is 0 Å². The monoisotopic (exact) mass is 571 g/mol. The Morgan fingerprint density at radius 1 is 1.20 bits per heavy atom. The van der Waals surface area contributed by atoms with Crippen LogP contribution in [0.3, 0.4) is 0 Å². The average molecular weight is 572 g/mol. The Balaban J connectivity index is 1.48. The van der Waals surface area contributed by atoms with Crippen molar-refractivity contribution < 1.29 is 28.6 Å². The molecule has 0 unspecified atom stereocenters. The molecule has 216 valence electrons. The van der Waals surface area contributed by atoms with Crippen LogP contribution in [0.25, 0.3) is 11.0 Å². The Kier molecular flexibility index (Phi) is 9.43. The van der Waals surface area contributed by atoms with Gasteiger partial charge in [-0.3, -0.25) is 4.79 Å². The Hall–Kier alpha value is -3.48. The maximum atomic E-state index is 15.2. The van der Waals surface area contributed by atoms with Crippen LogP contribution in [0.4, 0.5) is 9.18 Å². The molecule has 0 spiro atoms. The van der Waals surface area contributed by atoms with Gasteiger partial charge < -0.3 is 34.7 Å². The lowest BCUT2D eigenvalue weighted by atomic mass is 10.0. The van der Waals surface area contributed by atoms with Gasteiger partial charge in [0.2, 0.25) is 5.91 Å². The van der Waals surface area contributed by atoms with Gasteiger partial charge in [0.05, 0.1) is 5.39 Å². The van der Waals surface area contributed by atoms with Crippen molar-refractivity contribution in [3.63, 3.8) is 0 Å². The molecule has 3 N–H and O–H groups in total. The number of aromatic nitrogens is 2.